The highest BCUT2D eigenvalue weighted by Gasteiger charge is 2.19. The van der Waals surface area contributed by atoms with E-state index in [1.54, 1.807) is 24.3 Å². The molecule has 1 N–H and O–H groups in total. The third-order valence-corrected chi connectivity index (χ3v) is 3.57. The zero-order valence-electron chi connectivity index (χ0n) is 12.6. The van der Waals surface area contributed by atoms with E-state index in [9.17, 15) is 14.7 Å². The fourth-order valence-electron chi connectivity index (χ4n) is 2.35. The van der Waals surface area contributed by atoms with Crippen LogP contribution in [0, 0.1) is 0 Å². The third-order valence-electron chi connectivity index (χ3n) is 3.57. The van der Waals surface area contributed by atoms with Gasteiger partial charge in [-0.2, -0.15) is 0 Å². The standard InChI is InChI=1S/C18H18O4/c1-12(11-17(20)22-2)15-5-3-4-6-16(15)18(21)13-7-9-14(19)10-8-13/h3-10,12,19H,11H2,1-2H3. The van der Waals surface area contributed by atoms with Gasteiger partial charge in [-0.15, -0.1) is 0 Å². The van der Waals surface area contributed by atoms with Crippen molar-refractivity contribution in [3.05, 3.63) is 65.2 Å². The summed E-state index contributed by atoms with van der Waals surface area (Å²) in [5.41, 5.74) is 1.87. The van der Waals surface area contributed by atoms with Gasteiger partial charge < -0.3 is 9.84 Å². The normalized spacial score (nSPS) is 11.7. The lowest BCUT2D eigenvalue weighted by atomic mass is 9.89. The summed E-state index contributed by atoms with van der Waals surface area (Å²) in [5.74, 6) is -0.444. The molecule has 2 rings (SSSR count). The molecule has 0 aliphatic carbocycles. The number of aromatic hydroxyl groups is 1. The van der Waals surface area contributed by atoms with Gasteiger partial charge in [0.15, 0.2) is 5.78 Å². The van der Waals surface area contributed by atoms with Gasteiger partial charge in [0.2, 0.25) is 0 Å². The van der Waals surface area contributed by atoms with Crippen LogP contribution in [-0.2, 0) is 9.53 Å². The van der Waals surface area contributed by atoms with Crippen LogP contribution < -0.4 is 0 Å². The first kappa shape index (κ1) is 15.8. The monoisotopic (exact) mass is 298 g/mol. The van der Waals surface area contributed by atoms with E-state index in [0.29, 0.717) is 11.1 Å². The first-order valence-corrected chi connectivity index (χ1v) is 7.02. The molecule has 0 bridgehead atoms. The molecule has 4 heteroatoms. The molecule has 0 spiro atoms. The number of rotatable bonds is 5. The van der Waals surface area contributed by atoms with Crippen LogP contribution in [0.4, 0.5) is 0 Å². The molecule has 0 saturated carbocycles. The molecule has 4 nitrogen and oxygen atoms in total. The number of ether oxygens (including phenoxy) is 1. The number of methoxy groups -OCH3 is 1. The Morgan fingerprint density at radius 2 is 1.73 bits per heavy atom. The number of benzene rings is 2. The van der Waals surface area contributed by atoms with Gasteiger partial charge in [0, 0.05) is 11.1 Å². The molecule has 0 amide bonds. The third kappa shape index (κ3) is 3.52. The molecule has 22 heavy (non-hydrogen) atoms. The molecule has 0 aliphatic heterocycles. The van der Waals surface area contributed by atoms with Crippen molar-refractivity contribution < 1.29 is 19.4 Å². The zero-order chi connectivity index (χ0) is 16.1. The van der Waals surface area contributed by atoms with Crippen LogP contribution in [0.2, 0.25) is 0 Å². The van der Waals surface area contributed by atoms with Crippen molar-refractivity contribution in [2.75, 3.05) is 7.11 Å². The molecular weight excluding hydrogens is 280 g/mol. The predicted molar refractivity (Wildman–Crippen MR) is 83.0 cm³/mol. The van der Waals surface area contributed by atoms with Crippen molar-refractivity contribution in [2.45, 2.75) is 19.3 Å². The molecule has 0 aliphatic rings. The second kappa shape index (κ2) is 6.89. The van der Waals surface area contributed by atoms with Crippen LogP contribution >= 0.6 is 0 Å². The lowest BCUT2D eigenvalue weighted by Gasteiger charge is -2.15. The SMILES string of the molecule is COC(=O)CC(C)c1ccccc1C(=O)c1ccc(O)cc1. The van der Waals surface area contributed by atoms with Gasteiger partial charge in [0.1, 0.15) is 5.75 Å². The first-order chi connectivity index (χ1) is 10.5. The quantitative estimate of drug-likeness (QED) is 0.679. The lowest BCUT2D eigenvalue weighted by molar-refractivity contribution is -0.140. The Balaban J connectivity index is 2.33. The van der Waals surface area contributed by atoms with Crippen molar-refractivity contribution in [1.82, 2.24) is 0 Å². The van der Waals surface area contributed by atoms with Gasteiger partial charge in [-0.25, -0.2) is 0 Å². The predicted octanol–water partition coefficient (Wildman–Crippen LogP) is 3.29. The summed E-state index contributed by atoms with van der Waals surface area (Å²) < 4.78 is 4.69. The zero-order valence-corrected chi connectivity index (χ0v) is 12.6. The molecule has 0 saturated heterocycles. The minimum absolute atomic E-state index is 0.115. The highest BCUT2D eigenvalue weighted by Crippen LogP contribution is 2.25. The van der Waals surface area contributed by atoms with E-state index in [1.807, 2.05) is 19.1 Å². The maximum absolute atomic E-state index is 12.6. The molecule has 1 unspecified atom stereocenters. The highest BCUT2D eigenvalue weighted by atomic mass is 16.5. The Morgan fingerprint density at radius 1 is 1.09 bits per heavy atom. The maximum atomic E-state index is 12.6. The Labute approximate surface area is 129 Å². The average Bonchev–Trinajstić information content (AvgIpc) is 2.54. The lowest BCUT2D eigenvalue weighted by Crippen LogP contribution is -2.11. The second-order valence-corrected chi connectivity index (χ2v) is 5.14. The van der Waals surface area contributed by atoms with Gasteiger partial charge in [-0.1, -0.05) is 31.2 Å². The smallest absolute Gasteiger partial charge is 0.306 e. The summed E-state index contributed by atoms with van der Waals surface area (Å²) in [6.07, 6.45) is 0.219. The average molecular weight is 298 g/mol. The minimum atomic E-state index is -0.306. The number of carbonyl (C=O) groups excluding carboxylic acids is 2. The van der Waals surface area contributed by atoms with E-state index in [2.05, 4.69) is 4.74 Å². The van der Waals surface area contributed by atoms with E-state index in [0.717, 1.165) is 5.56 Å². The van der Waals surface area contributed by atoms with Crippen LogP contribution in [0.5, 0.6) is 5.75 Å². The summed E-state index contributed by atoms with van der Waals surface area (Å²) in [7, 11) is 1.35. The minimum Gasteiger partial charge on any atom is -0.508 e. The maximum Gasteiger partial charge on any atom is 0.306 e. The highest BCUT2D eigenvalue weighted by molar-refractivity contribution is 6.10. The summed E-state index contributed by atoms with van der Waals surface area (Å²) in [6, 6.07) is 13.4. The van der Waals surface area contributed by atoms with Crippen LogP contribution in [0.3, 0.4) is 0 Å². The van der Waals surface area contributed by atoms with E-state index < -0.39 is 0 Å². The van der Waals surface area contributed by atoms with Gasteiger partial charge in [-0.3, -0.25) is 9.59 Å². The molecule has 1 atom stereocenters. The van der Waals surface area contributed by atoms with Crippen molar-refractivity contribution in [3.8, 4) is 5.75 Å². The molecule has 0 heterocycles. The second-order valence-electron chi connectivity index (χ2n) is 5.14. The van der Waals surface area contributed by atoms with Crippen LogP contribution in [0.1, 0.15) is 40.7 Å². The Kier molecular flexibility index (Phi) is 4.94. The fourth-order valence-corrected chi connectivity index (χ4v) is 2.35. The molecule has 0 fully saturated rings. The number of hydrogen-bond acceptors (Lipinski definition) is 4. The summed E-state index contributed by atoms with van der Waals surface area (Å²) in [5, 5.41) is 9.32. The van der Waals surface area contributed by atoms with Gasteiger partial charge in [-0.05, 0) is 35.7 Å². The van der Waals surface area contributed by atoms with Gasteiger partial charge in [0.05, 0.1) is 13.5 Å². The number of ketones is 1. The summed E-state index contributed by atoms with van der Waals surface area (Å²) >= 11 is 0. The number of esters is 1. The van der Waals surface area contributed by atoms with Crippen molar-refractivity contribution in [3.63, 3.8) is 0 Å². The van der Waals surface area contributed by atoms with Crippen molar-refractivity contribution in [1.29, 1.82) is 0 Å². The number of carbonyl (C=O) groups is 2. The van der Waals surface area contributed by atoms with Gasteiger partial charge >= 0.3 is 5.97 Å². The van der Waals surface area contributed by atoms with E-state index >= 15 is 0 Å². The molecule has 2 aromatic carbocycles. The van der Waals surface area contributed by atoms with Crippen LogP contribution in [0.15, 0.2) is 48.5 Å². The molecule has 2 aromatic rings. The van der Waals surface area contributed by atoms with E-state index in [4.69, 9.17) is 0 Å². The molecule has 114 valence electrons. The molecular formula is C18H18O4. The summed E-state index contributed by atoms with van der Waals surface area (Å²) in [4.78, 5) is 24.1. The number of phenolic OH excluding ortho intramolecular Hbond substituents is 1. The van der Waals surface area contributed by atoms with Gasteiger partial charge in [0.25, 0.3) is 0 Å². The molecule has 0 aromatic heterocycles. The van der Waals surface area contributed by atoms with Crippen LogP contribution in [-0.4, -0.2) is 24.0 Å². The Hall–Kier alpha value is -2.62. The van der Waals surface area contributed by atoms with Crippen LogP contribution in [0.25, 0.3) is 0 Å². The fraction of sp³-hybridized carbons (Fsp3) is 0.222. The largest absolute Gasteiger partial charge is 0.508 e. The Bertz CT molecular complexity index is 674. The first-order valence-electron chi connectivity index (χ1n) is 7.02. The Morgan fingerprint density at radius 3 is 2.36 bits per heavy atom. The molecule has 0 radical (unpaired) electrons. The number of hydrogen-bond donors (Lipinski definition) is 1. The van der Waals surface area contributed by atoms with Crippen molar-refractivity contribution in [2.24, 2.45) is 0 Å². The van der Waals surface area contributed by atoms with E-state index in [-0.39, 0.29) is 29.8 Å². The topological polar surface area (TPSA) is 63.6 Å². The summed E-state index contributed by atoms with van der Waals surface area (Å²) in [6.45, 7) is 1.89. The van der Waals surface area contributed by atoms with E-state index in [1.165, 1.54) is 19.2 Å². The van der Waals surface area contributed by atoms with Crippen molar-refractivity contribution >= 4 is 11.8 Å². The number of phenols is 1.